The average Bonchev–Trinajstić information content (AvgIpc) is 2.14. The van der Waals surface area contributed by atoms with Crippen molar-refractivity contribution < 1.29 is 14.3 Å². The highest BCUT2D eigenvalue weighted by Crippen LogP contribution is 2.16. The van der Waals surface area contributed by atoms with Gasteiger partial charge in [0.25, 0.3) is 0 Å². The third-order valence-electron chi connectivity index (χ3n) is 1.83. The summed E-state index contributed by atoms with van der Waals surface area (Å²) in [6.45, 7) is 5.27. The van der Waals surface area contributed by atoms with Crippen molar-refractivity contribution >= 4 is 25.3 Å². The number of amides is 1. The Morgan fingerprint density at radius 2 is 1.82 bits per heavy atom. The number of ether oxygens (including phenoxy) is 1. The fourth-order valence-corrected chi connectivity index (χ4v) is 1.22. The molecule has 0 fully saturated rings. The summed E-state index contributed by atoms with van der Waals surface area (Å²) in [5.41, 5.74) is -0.601. The SMILES string of the molecule is [B]C(=O)c1ccccc1NC(=O)OC(C)(C)C. The molecule has 0 atom stereocenters. The van der Waals surface area contributed by atoms with Crippen LogP contribution in [0.3, 0.4) is 0 Å². The lowest BCUT2D eigenvalue weighted by Gasteiger charge is -2.20. The number of anilines is 1. The molecule has 1 amide bonds. The van der Waals surface area contributed by atoms with Crippen LogP contribution in [0.5, 0.6) is 0 Å². The zero-order valence-electron chi connectivity index (χ0n) is 10.1. The van der Waals surface area contributed by atoms with Crippen LogP contribution in [-0.2, 0) is 4.74 Å². The number of carbonyl (C=O) groups excluding carboxylic acids is 2. The fourth-order valence-electron chi connectivity index (χ4n) is 1.22. The van der Waals surface area contributed by atoms with Gasteiger partial charge in [-0.25, -0.2) is 4.79 Å². The van der Waals surface area contributed by atoms with Crippen molar-refractivity contribution in [2.24, 2.45) is 0 Å². The first-order chi connectivity index (χ1) is 7.79. The van der Waals surface area contributed by atoms with Crippen LogP contribution < -0.4 is 5.32 Å². The molecule has 2 radical (unpaired) electrons. The number of para-hydroxylation sites is 1. The zero-order chi connectivity index (χ0) is 13.1. The molecule has 0 aliphatic heterocycles. The molecule has 88 valence electrons. The second-order valence-corrected chi connectivity index (χ2v) is 4.54. The van der Waals surface area contributed by atoms with Crippen molar-refractivity contribution in [2.45, 2.75) is 26.4 Å². The molecule has 1 aromatic carbocycles. The Balaban J connectivity index is 2.82. The van der Waals surface area contributed by atoms with Crippen molar-refractivity contribution in [3.63, 3.8) is 0 Å². The van der Waals surface area contributed by atoms with Crippen LogP contribution in [-0.4, -0.2) is 25.2 Å². The number of benzene rings is 1. The van der Waals surface area contributed by atoms with E-state index in [-0.39, 0.29) is 5.56 Å². The summed E-state index contributed by atoms with van der Waals surface area (Å²) in [6, 6.07) is 6.48. The maximum absolute atomic E-state index is 11.5. The van der Waals surface area contributed by atoms with Gasteiger partial charge in [-0.15, -0.1) is 0 Å². The van der Waals surface area contributed by atoms with Crippen molar-refractivity contribution in [1.82, 2.24) is 0 Å². The molecule has 1 N–H and O–H groups in total. The van der Waals surface area contributed by atoms with Gasteiger partial charge in [0.15, 0.2) is 7.85 Å². The van der Waals surface area contributed by atoms with E-state index in [4.69, 9.17) is 12.6 Å². The van der Waals surface area contributed by atoms with Gasteiger partial charge in [0.1, 0.15) is 11.3 Å². The molecule has 1 aromatic rings. The molecule has 0 aliphatic carbocycles. The highest BCUT2D eigenvalue weighted by atomic mass is 16.6. The monoisotopic (exact) mass is 231 g/mol. The predicted molar refractivity (Wildman–Crippen MR) is 66.4 cm³/mol. The average molecular weight is 231 g/mol. The molecule has 0 heterocycles. The van der Waals surface area contributed by atoms with Gasteiger partial charge in [-0.3, -0.25) is 5.32 Å². The standard InChI is InChI=1S/C12H14BNO3/c1-12(2,3)17-11(16)14-9-7-5-4-6-8(9)10(13)15/h4-7H,1-3H3,(H,14,16). The lowest BCUT2D eigenvalue weighted by atomic mass is 9.93. The first-order valence-electron chi connectivity index (χ1n) is 5.18. The van der Waals surface area contributed by atoms with Gasteiger partial charge in [-0.05, 0) is 26.8 Å². The Kier molecular flexibility index (Phi) is 3.94. The van der Waals surface area contributed by atoms with Crippen LogP contribution in [0.25, 0.3) is 0 Å². The van der Waals surface area contributed by atoms with E-state index < -0.39 is 17.4 Å². The van der Waals surface area contributed by atoms with Gasteiger partial charge in [0, 0.05) is 5.56 Å². The lowest BCUT2D eigenvalue weighted by molar-refractivity contribution is 0.0636. The summed E-state index contributed by atoms with van der Waals surface area (Å²) >= 11 is 0. The van der Waals surface area contributed by atoms with Gasteiger partial charge >= 0.3 is 6.09 Å². The van der Waals surface area contributed by atoms with Crippen molar-refractivity contribution in [1.29, 1.82) is 0 Å². The van der Waals surface area contributed by atoms with Gasteiger partial charge in [0.05, 0.1) is 5.69 Å². The summed E-state index contributed by atoms with van der Waals surface area (Å²) in [7, 11) is 5.19. The molecule has 0 saturated carbocycles. The Bertz CT molecular complexity index is 438. The van der Waals surface area contributed by atoms with Crippen LogP contribution in [0.15, 0.2) is 24.3 Å². The summed E-state index contributed by atoms with van der Waals surface area (Å²) in [5.74, 6) is 0. The van der Waals surface area contributed by atoms with Gasteiger partial charge in [0.2, 0.25) is 0 Å². The highest BCUT2D eigenvalue weighted by Gasteiger charge is 2.17. The minimum Gasteiger partial charge on any atom is -0.444 e. The Morgan fingerprint density at radius 3 is 2.35 bits per heavy atom. The van der Waals surface area contributed by atoms with Gasteiger partial charge in [-0.1, -0.05) is 18.2 Å². The molecule has 0 bridgehead atoms. The number of carbonyl (C=O) groups is 2. The molecule has 17 heavy (non-hydrogen) atoms. The predicted octanol–water partition coefficient (Wildman–Crippen LogP) is 2.34. The largest absolute Gasteiger partial charge is 0.444 e. The molecule has 5 heteroatoms. The van der Waals surface area contributed by atoms with Gasteiger partial charge < -0.3 is 9.53 Å². The summed E-state index contributed by atoms with van der Waals surface area (Å²) < 4.78 is 5.07. The quantitative estimate of drug-likeness (QED) is 0.794. The molecule has 0 saturated heterocycles. The van der Waals surface area contributed by atoms with Crippen LogP contribution in [0, 0.1) is 0 Å². The molecular formula is C12H14BNO3. The molecule has 0 spiro atoms. The van der Waals surface area contributed by atoms with E-state index in [2.05, 4.69) is 5.32 Å². The number of hydrogen-bond donors (Lipinski definition) is 1. The third kappa shape index (κ3) is 4.30. The Hall–Kier alpha value is -1.78. The number of hydrogen-bond acceptors (Lipinski definition) is 3. The number of nitrogens with one attached hydrogen (secondary N) is 1. The lowest BCUT2D eigenvalue weighted by Crippen LogP contribution is -2.27. The third-order valence-corrected chi connectivity index (χ3v) is 1.83. The highest BCUT2D eigenvalue weighted by molar-refractivity contribution is 6.63. The number of rotatable bonds is 2. The Morgan fingerprint density at radius 1 is 1.24 bits per heavy atom. The first-order valence-corrected chi connectivity index (χ1v) is 5.18. The molecular weight excluding hydrogens is 217 g/mol. The molecule has 0 aromatic heterocycles. The summed E-state index contributed by atoms with van der Waals surface area (Å²) in [4.78, 5) is 22.6. The van der Waals surface area contributed by atoms with Gasteiger partial charge in [-0.2, -0.15) is 0 Å². The van der Waals surface area contributed by atoms with E-state index in [0.29, 0.717) is 5.69 Å². The maximum Gasteiger partial charge on any atom is 0.412 e. The van der Waals surface area contributed by atoms with Crippen molar-refractivity contribution in [2.75, 3.05) is 5.32 Å². The Labute approximate surface area is 102 Å². The zero-order valence-corrected chi connectivity index (χ0v) is 10.1. The minimum atomic E-state index is -0.619. The van der Waals surface area contributed by atoms with E-state index in [1.54, 1.807) is 39.0 Å². The second-order valence-electron chi connectivity index (χ2n) is 4.54. The van der Waals surface area contributed by atoms with Crippen molar-refractivity contribution in [3.05, 3.63) is 29.8 Å². The smallest absolute Gasteiger partial charge is 0.412 e. The van der Waals surface area contributed by atoms with E-state index >= 15 is 0 Å². The summed E-state index contributed by atoms with van der Waals surface area (Å²) in [5, 5.41) is 2.49. The van der Waals surface area contributed by atoms with Crippen LogP contribution in [0.1, 0.15) is 31.1 Å². The molecule has 0 aliphatic rings. The topological polar surface area (TPSA) is 55.4 Å². The van der Waals surface area contributed by atoms with E-state index in [1.165, 1.54) is 6.07 Å². The molecule has 1 rings (SSSR count). The van der Waals surface area contributed by atoms with Crippen LogP contribution in [0.2, 0.25) is 0 Å². The second kappa shape index (κ2) is 5.04. The van der Waals surface area contributed by atoms with E-state index in [9.17, 15) is 9.59 Å². The molecule has 0 unspecified atom stereocenters. The van der Waals surface area contributed by atoms with Crippen LogP contribution >= 0.6 is 0 Å². The van der Waals surface area contributed by atoms with E-state index in [0.717, 1.165) is 0 Å². The van der Waals surface area contributed by atoms with Crippen LogP contribution in [0.4, 0.5) is 10.5 Å². The maximum atomic E-state index is 11.5. The normalized spacial score (nSPS) is 10.8. The summed E-state index contributed by atoms with van der Waals surface area (Å²) in [6.07, 6.45) is -0.619. The fraction of sp³-hybridized carbons (Fsp3) is 0.333. The first kappa shape index (κ1) is 13.3. The van der Waals surface area contributed by atoms with Crippen molar-refractivity contribution in [3.8, 4) is 0 Å². The minimum absolute atomic E-state index is 0.248. The molecule has 4 nitrogen and oxygen atoms in total. The van der Waals surface area contributed by atoms with E-state index in [1.807, 2.05) is 0 Å².